The lowest BCUT2D eigenvalue weighted by Gasteiger charge is -2.24. The van der Waals surface area contributed by atoms with E-state index in [0.29, 0.717) is 7.11 Å². The summed E-state index contributed by atoms with van der Waals surface area (Å²) in [4.78, 5) is 0. The van der Waals surface area contributed by atoms with Gasteiger partial charge in [-0.15, -0.1) is 13.2 Å². The van der Waals surface area contributed by atoms with Gasteiger partial charge in [0.25, 0.3) is 0 Å². The molecule has 1 heterocycles. The number of hydrogen-bond acceptors (Lipinski definition) is 5. The Hall–Kier alpha value is -0.490. The first-order valence-electron chi connectivity index (χ1n) is 5.19. The van der Waals surface area contributed by atoms with Gasteiger partial charge in [0.1, 0.15) is 5.76 Å². The van der Waals surface area contributed by atoms with Gasteiger partial charge in [0.15, 0.2) is 0 Å². The number of allylic oxidation sites excluding steroid dienone is 3. The molecule has 0 aromatic heterocycles. The second-order valence-corrected chi connectivity index (χ2v) is 9.89. The van der Waals surface area contributed by atoms with E-state index >= 15 is 0 Å². The van der Waals surface area contributed by atoms with Gasteiger partial charge in [-0.1, -0.05) is 12.2 Å². The molecule has 0 saturated carbocycles. The largest absolute Gasteiger partial charge is 0.472 e. The second kappa shape index (κ2) is 5.30. The Morgan fingerprint density at radius 3 is 2.24 bits per heavy atom. The van der Waals surface area contributed by atoms with Crippen molar-refractivity contribution in [3.8, 4) is 0 Å². The van der Waals surface area contributed by atoms with E-state index < -0.39 is 28.9 Å². The molecule has 2 aliphatic rings. The summed E-state index contributed by atoms with van der Waals surface area (Å²) in [5, 5.41) is 0. The fourth-order valence-electron chi connectivity index (χ4n) is 1.34. The third kappa shape index (κ3) is 3.47. The van der Waals surface area contributed by atoms with Gasteiger partial charge in [-0.25, -0.2) is 0 Å². The van der Waals surface area contributed by atoms with E-state index in [0.717, 1.165) is 0 Å². The third-order valence-corrected chi connectivity index (χ3v) is 9.21. The molecule has 0 N–H and O–H groups in total. The fourth-order valence-corrected chi connectivity index (χ4v) is 8.28. The van der Waals surface area contributed by atoms with Gasteiger partial charge in [-0.05, 0) is 6.08 Å². The summed E-state index contributed by atoms with van der Waals surface area (Å²) >= 11 is 0. The van der Waals surface area contributed by atoms with Gasteiger partial charge in [-0.2, -0.15) is 26.1 Å². The standard InChI is InChI=1S/C7H8F6N3O2P3/c1-17-20(12)14-19(11,7(8,9)10)15-21(13,16-20)18-6-4-2-3-5-6/h2-4H,5H2,1H3. The summed E-state index contributed by atoms with van der Waals surface area (Å²) in [6.45, 7) is 0. The highest BCUT2D eigenvalue weighted by Gasteiger charge is 2.56. The minimum absolute atomic E-state index is 0.0579. The summed E-state index contributed by atoms with van der Waals surface area (Å²) in [6.07, 6.45) is 4.23. The molecule has 120 valence electrons. The molecule has 5 nitrogen and oxygen atoms in total. The molecule has 0 aromatic rings. The highest BCUT2D eigenvalue weighted by molar-refractivity contribution is 7.80. The van der Waals surface area contributed by atoms with Crippen LogP contribution in [0.2, 0.25) is 0 Å². The van der Waals surface area contributed by atoms with Crippen molar-refractivity contribution in [1.29, 1.82) is 0 Å². The SMILES string of the molecule is COP1(F)=NP(F)(OC2=CC=CC2)=NP(F)(C(F)(F)F)=N1. The van der Waals surface area contributed by atoms with E-state index in [-0.39, 0.29) is 12.2 Å². The van der Waals surface area contributed by atoms with Crippen LogP contribution in [0.25, 0.3) is 0 Å². The molecule has 1 aliphatic heterocycles. The first kappa shape index (κ1) is 16.9. The maximum atomic E-state index is 14.4. The van der Waals surface area contributed by atoms with Crippen molar-refractivity contribution < 1.29 is 34.8 Å². The van der Waals surface area contributed by atoms with Crippen molar-refractivity contribution in [2.75, 3.05) is 7.11 Å². The molecule has 0 bridgehead atoms. The van der Waals surface area contributed by atoms with Crippen LogP contribution >= 0.6 is 23.0 Å². The van der Waals surface area contributed by atoms with Crippen molar-refractivity contribution in [2.45, 2.75) is 12.3 Å². The smallest absolute Gasteiger partial charge is 0.423 e. The maximum Gasteiger partial charge on any atom is 0.472 e. The average Bonchev–Trinajstić information content (AvgIpc) is 2.77. The predicted octanol–water partition coefficient (Wildman–Crippen LogP) is 6.86. The predicted molar refractivity (Wildman–Crippen MR) is 67.4 cm³/mol. The van der Waals surface area contributed by atoms with Gasteiger partial charge in [-0.3, -0.25) is 0 Å². The Morgan fingerprint density at radius 1 is 1.10 bits per heavy atom. The minimum atomic E-state index is -6.16. The first-order chi connectivity index (χ1) is 9.51. The molecule has 0 fully saturated rings. The number of nitrogens with zero attached hydrogens (tertiary/aromatic N) is 3. The summed E-state index contributed by atoms with van der Waals surface area (Å²) in [7, 11) is -15.9. The van der Waals surface area contributed by atoms with Crippen LogP contribution in [0.15, 0.2) is 37.5 Å². The first-order valence-corrected chi connectivity index (χ1v) is 9.78. The molecule has 0 amide bonds. The lowest BCUT2D eigenvalue weighted by molar-refractivity contribution is -0.0465. The second-order valence-electron chi connectivity index (χ2n) is 3.75. The van der Waals surface area contributed by atoms with Gasteiger partial charge in [0.05, 0.1) is 0 Å². The topological polar surface area (TPSA) is 55.5 Å². The molecule has 3 unspecified atom stereocenters. The Bertz CT molecular complexity index is 682. The van der Waals surface area contributed by atoms with Crippen molar-refractivity contribution in [1.82, 2.24) is 0 Å². The van der Waals surface area contributed by atoms with Gasteiger partial charge in [0.2, 0.25) is 0 Å². The summed E-state index contributed by atoms with van der Waals surface area (Å²) in [5.74, 6) is -5.78. The van der Waals surface area contributed by atoms with E-state index in [1.165, 1.54) is 18.2 Å². The molecule has 1 aliphatic carbocycles. The van der Waals surface area contributed by atoms with Gasteiger partial charge >= 0.3 is 28.9 Å². The van der Waals surface area contributed by atoms with Crippen LogP contribution in [0.1, 0.15) is 6.42 Å². The van der Waals surface area contributed by atoms with Gasteiger partial charge in [0, 0.05) is 13.5 Å². The lowest BCUT2D eigenvalue weighted by atomic mass is 10.4. The van der Waals surface area contributed by atoms with Crippen LogP contribution in [0.5, 0.6) is 0 Å². The quantitative estimate of drug-likeness (QED) is 0.401. The number of rotatable bonds is 3. The van der Waals surface area contributed by atoms with Crippen LogP contribution in [-0.2, 0) is 9.05 Å². The van der Waals surface area contributed by atoms with Crippen molar-refractivity contribution >= 4 is 23.0 Å². The molecule has 3 atom stereocenters. The van der Waals surface area contributed by atoms with Crippen LogP contribution in [-0.4, -0.2) is 13.0 Å². The van der Waals surface area contributed by atoms with E-state index in [2.05, 4.69) is 22.6 Å². The summed E-state index contributed by atoms with van der Waals surface area (Å²) in [5.41, 5.74) is 0. The lowest BCUT2D eigenvalue weighted by Crippen LogP contribution is -2.05. The van der Waals surface area contributed by atoms with E-state index in [9.17, 15) is 25.8 Å². The summed E-state index contributed by atoms with van der Waals surface area (Å²) < 4.78 is 96.3. The number of hydrogen-bond donors (Lipinski definition) is 0. The Kier molecular flexibility index (Phi) is 4.26. The molecular formula is C7H8F6N3O2P3. The van der Waals surface area contributed by atoms with Crippen LogP contribution in [0.4, 0.5) is 25.8 Å². The zero-order chi connectivity index (χ0) is 15.9. The zero-order valence-corrected chi connectivity index (χ0v) is 12.9. The maximum absolute atomic E-state index is 14.4. The molecule has 14 heteroatoms. The molecule has 2 rings (SSSR count). The van der Waals surface area contributed by atoms with Crippen molar-refractivity contribution in [3.05, 3.63) is 24.0 Å². The highest BCUT2D eigenvalue weighted by Crippen LogP contribution is 2.85. The molecule has 0 aromatic carbocycles. The van der Waals surface area contributed by atoms with Crippen LogP contribution in [0, 0.1) is 0 Å². The minimum Gasteiger partial charge on any atom is -0.423 e. The monoisotopic (exact) mass is 373 g/mol. The fraction of sp³-hybridized carbons (Fsp3) is 0.429. The zero-order valence-electron chi connectivity index (χ0n) is 10.2. The summed E-state index contributed by atoms with van der Waals surface area (Å²) in [6, 6.07) is 0. The molecule has 0 spiro atoms. The molecule has 21 heavy (non-hydrogen) atoms. The van der Waals surface area contributed by atoms with Crippen molar-refractivity contribution in [3.63, 3.8) is 0 Å². The molecule has 0 radical (unpaired) electrons. The normalized spacial score (nSPS) is 39.1. The van der Waals surface area contributed by atoms with Crippen LogP contribution < -0.4 is 0 Å². The van der Waals surface area contributed by atoms with Gasteiger partial charge < -0.3 is 9.05 Å². The van der Waals surface area contributed by atoms with Crippen LogP contribution in [0.3, 0.4) is 0 Å². The van der Waals surface area contributed by atoms with E-state index in [4.69, 9.17) is 0 Å². The van der Waals surface area contributed by atoms with Crippen molar-refractivity contribution in [2.24, 2.45) is 13.5 Å². The van der Waals surface area contributed by atoms with E-state index in [1.54, 1.807) is 0 Å². The highest BCUT2D eigenvalue weighted by atomic mass is 31.3. The Morgan fingerprint density at radius 2 is 1.76 bits per heavy atom. The number of alkyl halides is 3. The van der Waals surface area contributed by atoms with E-state index in [1.807, 2.05) is 0 Å². The Balaban J connectivity index is 2.58. The molecule has 0 saturated heterocycles. The Labute approximate surface area is 115 Å². The third-order valence-electron chi connectivity index (χ3n) is 2.20. The number of halogens is 6. The average molecular weight is 373 g/mol. The molecular weight excluding hydrogens is 365 g/mol.